The highest BCUT2D eigenvalue weighted by Crippen LogP contribution is 2.21. The van der Waals surface area contributed by atoms with E-state index in [-0.39, 0.29) is 11.9 Å². The smallest absolute Gasteiger partial charge is 0.252 e. The quantitative estimate of drug-likeness (QED) is 0.878. The summed E-state index contributed by atoms with van der Waals surface area (Å²) in [6.45, 7) is 2.51. The monoisotopic (exact) mass is 348 g/mol. The Hall–Kier alpha value is -0.390. The Morgan fingerprint density at radius 1 is 1.50 bits per heavy atom. The summed E-state index contributed by atoms with van der Waals surface area (Å²) < 4.78 is 1.67. The van der Waals surface area contributed by atoms with Gasteiger partial charge in [0.15, 0.2) is 0 Å². The molecule has 0 bridgehead atoms. The lowest BCUT2D eigenvalue weighted by Gasteiger charge is -2.08. The van der Waals surface area contributed by atoms with Gasteiger partial charge in [0.05, 0.1) is 5.56 Å². The molecule has 16 heavy (non-hydrogen) atoms. The Morgan fingerprint density at radius 2 is 2.19 bits per heavy atom. The van der Waals surface area contributed by atoms with Gasteiger partial charge in [0.2, 0.25) is 0 Å². The van der Waals surface area contributed by atoms with Crippen molar-refractivity contribution in [2.45, 2.75) is 19.4 Å². The summed E-state index contributed by atoms with van der Waals surface area (Å²) in [5, 5.41) is 2.83. The molecule has 0 aliphatic heterocycles. The van der Waals surface area contributed by atoms with E-state index in [1.54, 1.807) is 6.07 Å². The average Bonchev–Trinajstić information content (AvgIpc) is 2.21. The van der Waals surface area contributed by atoms with Crippen LogP contribution in [0.15, 0.2) is 27.1 Å². The van der Waals surface area contributed by atoms with Gasteiger partial charge in [-0.3, -0.25) is 4.79 Å². The summed E-state index contributed by atoms with van der Waals surface area (Å²) in [5.41, 5.74) is 6.23. The highest BCUT2D eigenvalue weighted by atomic mass is 79.9. The zero-order valence-electron chi connectivity index (χ0n) is 8.97. The topological polar surface area (TPSA) is 55.1 Å². The van der Waals surface area contributed by atoms with Crippen molar-refractivity contribution < 1.29 is 4.79 Å². The van der Waals surface area contributed by atoms with Gasteiger partial charge < -0.3 is 11.1 Å². The highest BCUT2D eigenvalue weighted by molar-refractivity contribution is 9.11. The number of amides is 1. The van der Waals surface area contributed by atoms with Crippen LogP contribution in [0.5, 0.6) is 0 Å². The van der Waals surface area contributed by atoms with Crippen LogP contribution in [-0.2, 0) is 0 Å². The van der Waals surface area contributed by atoms with E-state index in [0.717, 1.165) is 15.4 Å². The summed E-state index contributed by atoms with van der Waals surface area (Å²) in [6.07, 6.45) is 0.775. The molecule has 88 valence electrons. The van der Waals surface area contributed by atoms with Crippen molar-refractivity contribution in [3.63, 3.8) is 0 Å². The molecule has 1 unspecified atom stereocenters. The third-order valence-corrected chi connectivity index (χ3v) is 3.24. The molecule has 1 aromatic rings. The lowest BCUT2D eigenvalue weighted by atomic mass is 10.2. The van der Waals surface area contributed by atoms with E-state index in [1.165, 1.54) is 0 Å². The van der Waals surface area contributed by atoms with Crippen LogP contribution in [0.3, 0.4) is 0 Å². The van der Waals surface area contributed by atoms with E-state index in [2.05, 4.69) is 37.2 Å². The minimum absolute atomic E-state index is 0.0891. The Labute approximate surface area is 112 Å². The number of halogens is 2. The molecular weight excluding hydrogens is 336 g/mol. The molecule has 1 atom stereocenters. The van der Waals surface area contributed by atoms with Crippen LogP contribution in [-0.4, -0.2) is 18.5 Å². The lowest BCUT2D eigenvalue weighted by Crippen LogP contribution is -2.29. The molecule has 0 spiro atoms. The molecule has 0 aliphatic rings. The minimum Gasteiger partial charge on any atom is -0.352 e. The number of hydrogen-bond donors (Lipinski definition) is 2. The molecule has 0 aromatic heterocycles. The largest absolute Gasteiger partial charge is 0.352 e. The van der Waals surface area contributed by atoms with E-state index in [0.29, 0.717) is 12.1 Å². The maximum Gasteiger partial charge on any atom is 0.252 e. The number of rotatable bonds is 4. The van der Waals surface area contributed by atoms with E-state index >= 15 is 0 Å². The van der Waals surface area contributed by atoms with Crippen molar-refractivity contribution in [3.8, 4) is 0 Å². The molecule has 0 saturated carbocycles. The van der Waals surface area contributed by atoms with Gasteiger partial charge in [-0.1, -0.05) is 15.9 Å². The number of nitrogens with one attached hydrogen (secondary N) is 1. The first kappa shape index (κ1) is 13.7. The second kappa shape index (κ2) is 6.37. The van der Waals surface area contributed by atoms with Crippen LogP contribution in [0.1, 0.15) is 23.7 Å². The predicted octanol–water partition coefficient (Wildman–Crippen LogP) is 2.68. The molecule has 0 heterocycles. The van der Waals surface area contributed by atoms with Crippen LogP contribution in [0.2, 0.25) is 0 Å². The van der Waals surface area contributed by atoms with E-state index in [1.807, 2.05) is 19.1 Å². The summed E-state index contributed by atoms with van der Waals surface area (Å²) >= 11 is 6.68. The average molecular weight is 350 g/mol. The van der Waals surface area contributed by atoms with Crippen molar-refractivity contribution in [2.75, 3.05) is 6.54 Å². The molecule has 3 nitrogen and oxygen atoms in total. The molecular formula is C11H14Br2N2O. The number of benzene rings is 1. The van der Waals surface area contributed by atoms with Crippen molar-refractivity contribution in [3.05, 3.63) is 32.7 Å². The first-order valence-electron chi connectivity index (χ1n) is 4.99. The van der Waals surface area contributed by atoms with Crippen LogP contribution < -0.4 is 11.1 Å². The van der Waals surface area contributed by atoms with Gasteiger partial charge >= 0.3 is 0 Å². The summed E-state index contributed by atoms with van der Waals surface area (Å²) in [6, 6.07) is 5.60. The molecule has 0 radical (unpaired) electrons. The second-order valence-electron chi connectivity index (χ2n) is 3.65. The highest BCUT2D eigenvalue weighted by Gasteiger charge is 2.09. The number of carbonyl (C=O) groups is 1. The molecule has 5 heteroatoms. The van der Waals surface area contributed by atoms with Crippen molar-refractivity contribution >= 4 is 37.8 Å². The fourth-order valence-electron chi connectivity index (χ4n) is 1.18. The first-order valence-corrected chi connectivity index (χ1v) is 6.58. The van der Waals surface area contributed by atoms with Crippen LogP contribution >= 0.6 is 31.9 Å². The van der Waals surface area contributed by atoms with Crippen molar-refractivity contribution in [2.24, 2.45) is 5.73 Å². The van der Waals surface area contributed by atoms with Gasteiger partial charge in [-0.2, -0.15) is 0 Å². The second-order valence-corrected chi connectivity index (χ2v) is 5.42. The summed E-state index contributed by atoms with van der Waals surface area (Å²) in [7, 11) is 0. The maximum atomic E-state index is 11.8. The Bertz CT molecular complexity index is 380. The predicted molar refractivity (Wildman–Crippen MR) is 72.4 cm³/mol. The van der Waals surface area contributed by atoms with Crippen molar-refractivity contribution in [1.82, 2.24) is 5.32 Å². The third kappa shape index (κ3) is 4.23. The number of carbonyl (C=O) groups excluding carboxylic acids is 1. The van der Waals surface area contributed by atoms with E-state index < -0.39 is 0 Å². The third-order valence-electron chi connectivity index (χ3n) is 2.06. The molecule has 3 N–H and O–H groups in total. The SMILES string of the molecule is CC(N)CCNC(=O)c1cc(Br)ccc1Br. The van der Waals surface area contributed by atoms with Gasteiger partial charge in [0.1, 0.15) is 0 Å². The van der Waals surface area contributed by atoms with Gasteiger partial charge in [0, 0.05) is 21.5 Å². The lowest BCUT2D eigenvalue weighted by molar-refractivity contribution is 0.0952. The van der Waals surface area contributed by atoms with Gasteiger partial charge in [0.25, 0.3) is 5.91 Å². The minimum atomic E-state index is -0.0891. The van der Waals surface area contributed by atoms with Gasteiger partial charge in [-0.05, 0) is 47.5 Å². The maximum absolute atomic E-state index is 11.8. The summed E-state index contributed by atoms with van der Waals surface area (Å²) in [4.78, 5) is 11.8. The number of hydrogen-bond acceptors (Lipinski definition) is 2. The van der Waals surface area contributed by atoms with E-state index in [4.69, 9.17) is 5.73 Å². The van der Waals surface area contributed by atoms with Crippen molar-refractivity contribution in [1.29, 1.82) is 0 Å². The zero-order valence-corrected chi connectivity index (χ0v) is 12.1. The van der Waals surface area contributed by atoms with Gasteiger partial charge in [-0.15, -0.1) is 0 Å². The fourth-order valence-corrected chi connectivity index (χ4v) is 1.97. The fraction of sp³-hybridized carbons (Fsp3) is 0.364. The molecule has 0 fully saturated rings. The van der Waals surface area contributed by atoms with Crippen LogP contribution in [0.4, 0.5) is 0 Å². The standard InChI is InChI=1S/C11H14Br2N2O/c1-7(14)4-5-15-11(16)9-6-8(12)2-3-10(9)13/h2-3,6-7H,4-5,14H2,1H3,(H,15,16). The van der Waals surface area contributed by atoms with Crippen LogP contribution in [0.25, 0.3) is 0 Å². The molecule has 0 saturated heterocycles. The van der Waals surface area contributed by atoms with Crippen LogP contribution in [0, 0.1) is 0 Å². The molecule has 1 amide bonds. The Balaban J connectivity index is 2.62. The van der Waals surface area contributed by atoms with Gasteiger partial charge in [-0.25, -0.2) is 0 Å². The molecule has 0 aliphatic carbocycles. The molecule has 1 rings (SSSR count). The Kier molecular flexibility index (Phi) is 5.44. The zero-order chi connectivity index (χ0) is 12.1. The Morgan fingerprint density at radius 3 is 2.81 bits per heavy atom. The first-order chi connectivity index (χ1) is 7.50. The summed E-state index contributed by atoms with van der Waals surface area (Å²) in [5.74, 6) is -0.0891. The molecule has 1 aromatic carbocycles. The van der Waals surface area contributed by atoms with E-state index in [9.17, 15) is 4.79 Å². The normalized spacial score (nSPS) is 12.2. The number of nitrogens with two attached hydrogens (primary N) is 1.